The largest absolute Gasteiger partial charge is 0.507 e. The number of phenolic OH excluding ortho intramolecular Hbond substituents is 1. The smallest absolute Gasteiger partial charge is 0.294 e. The van der Waals surface area contributed by atoms with Crippen LogP contribution in [0.25, 0.3) is 11.1 Å². The summed E-state index contributed by atoms with van der Waals surface area (Å²) >= 11 is 0. The van der Waals surface area contributed by atoms with E-state index < -0.39 is 34.0 Å². The van der Waals surface area contributed by atoms with E-state index in [4.69, 9.17) is 0 Å². The minimum atomic E-state index is -4.41. The molecule has 9 heteroatoms. The van der Waals surface area contributed by atoms with Crippen molar-refractivity contribution in [2.24, 2.45) is 5.92 Å². The van der Waals surface area contributed by atoms with Gasteiger partial charge in [-0.2, -0.15) is 8.42 Å². The average Bonchev–Trinajstić information content (AvgIpc) is 2.92. The molecule has 0 saturated carbocycles. The van der Waals surface area contributed by atoms with Crippen molar-refractivity contribution in [3.8, 4) is 16.9 Å². The number of hydrogen-bond acceptors (Lipinski definition) is 5. The van der Waals surface area contributed by atoms with Crippen LogP contribution in [0, 0.1) is 11.7 Å². The minimum Gasteiger partial charge on any atom is -0.507 e. The van der Waals surface area contributed by atoms with Crippen molar-refractivity contribution in [3.05, 3.63) is 114 Å². The van der Waals surface area contributed by atoms with Gasteiger partial charge in [0.05, 0.1) is 23.0 Å². The zero-order valence-corrected chi connectivity index (χ0v) is 21.5. The highest BCUT2D eigenvalue weighted by Crippen LogP contribution is 2.47. The van der Waals surface area contributed by atoms with E-state index in [2.05, 4.69) is 0 Å². The van der Waals surface area contributed by atoms with Crippen LogP contribution in [0.15, 0.2) is 102 Å². The molecule has 0 spiro atoms. The van der Waals surface area contributed by atoms with Gasteiger partial charge in [-0.15, -0.1) is 0 Å². The molecule has 39 heavy (non-hydrogen) atoms. The second-order valence-electron chi connectivity index (χ2n) is 9.52. The number of halogens is 1. The molecule has 5 rings (SSSR count). The molecule has 3 unspecified atom stereocenters. The number of hydrogen-bond donors (Lipinski definition) is 3. The number of nitrogens with zero attached hydrogens (tertiary/aromatic N) is 1. The first kappa shape index (κ1) is 26.6. The van der Waals surface area contributed by atoms with Gasteiger partial charge in [0.25, 0.3) is 10.1 Å². The molecule has 1 fully saturated rings. The Kier molecular flexibility index (Phi) is 7.22. The van der Waals surface area contributed by atoms with Crippen LogP contribution in [0.5, 0.6) is 5.75 Å². The predicted octanol–water partition coefficient (Wildman–Crippen LogP) is 5.66. The maximum Gasteiger partial charge on any atom is 0.294 e. The van der Waals surface area contributed by atoms with E-state index in [0.717, 1.165) is 0 Å². The number of carbonyl (C=O) groups is 1. The maximum atomic E-state index is 13.3. The zero-order chi connectivity index (χ0) is 27.7. The van der Waals surface area contributed by atoms with E-state index in [9.17, 15) is 32.4 Å². The zero-order valence-electron chi connectivity index (χ0n) is 20.7. The first-order valence-corrected chi connectivity index (χ1v) is 13.8. The van der Waals surface area contributed by atoms with Gasteiger partial charge in [0.2, 0.25) is 5.91 Å². The third-order valence-electron chi connectivity index (χ3n) is 7.06. The monoisotopic (exact) mass is 547 g/mol. The quantitative estimate of drug-likeness (QED) is 0.194. The molecule has 0 aliphatic carbocycles. The number of β-lactam (4-membered cyclic amide) rings is 1. The fraction of sp³-hybridized carbons (Fsp3) is 0.167. The Morgan fingerprint density at radius 3 is 2.28 bits per heavy atom. The second-order valence-corrected chi connectivity index (χ2v) is 10.9. The molecular formula is C30H26FNO6S. The standard InChI is InChI=1S/C30H26FNO6S/c31-22-12-9-19(10-13-22)27(33)16-15-26-29(32(30(26)35)23-6-2-1-3-7-23)21-11-14-25(28(34)18-21)20-5-4-8-24(17-20)39(36,37)38/h1-14,17-18,26-27,29,33-34H,15-16H2,(H,36,37,38). The second kappa shape index (κ2) is 10.6. The summed E-state index contributed by atoms with van der Waals surface area (Å²) in [6, 6.07) is 24.9. The summed E-state index contributed by atoms with van der Waals surface area (Å²) in [5.74, 6) is -1.08. The summed E-state index contributed by atoms with van der Waals surface area (Å²) in [5.41, 5.74) is 2.70. The van der Waals surface area contributed by atoms with Crippen LogP contribution in [0.4, 0.5) is 10.1 Å². The number of aliphatic hydroxyl groups excluding tert-OH is 1. The topological polar surface area (TPSA) is 115 Å². The minimum absolute atomic E-state index is 0.109. The highest BCUT2D eigenvalue weighted by molar-refractivity contribution is 7.85. The Morgan fingerprint density at radius 2 is 1.62 bits per heavy atom. The summed E-state index contributed by atoms with van der Waals surface area (Å²) in [6.45, 7) is 0. The SMILES string of the molecule is O=C1C(CCC(O)c2ccc(F)cc2)C(c2ccc(-c3cccc(S(=O)(=O)O)c3)c(O)c2)N1c1ccccc1. The van der Waals surface area contributed by atoms with E-state index in [-0.39, 0.29) is 23.0 Å². The number of rotatable bonds is 8. The van der Waals surface area contributed by atoms with E-state index in [0.29, 0.717) is 34.4 Å². The van der Waals surface area contributed by atoms with Gasteiger partial charge in [-0.05, 0) is 72.0 Å². The van der Waals surface area contributed by atoms with Gasteiger partial charge in [-0.25, -0.2) is 4.39 Å². The van der Waals surface area contributed by atoms with Crippen LogP contribution in [0.3, 0.4) is 0 Å². The lowest BCUT2D eigenvalue weighted by atomic mass is 9.78. The van der Waals surface area contributed by atoms with Gasteiger partial charge < -0.3 is 15.1 Å². The molecule has 1 amide bonds. The molecular weight excluding hydrogens is 521 g/mol. The highest BCUT2D eigenvalue weighted by atomic mass is 32.2. The molecule has 7 nitrogen and oxygen atoms in total. The summed E-state index contributed by atoms with van der Waals surface area (Å²) in [6.07, 6.45) is -0.214. The molecule has 4 aromatic rings. The number of aromatic hydroxyl groups is 1. The van der Waals surface area contributed by atoms with Crippen molar-refractivity contribution in [1.29, 1.82) is 0 Å². The lowest BCUT2D eigenvalue weighted by Gasteiger charge is -2.48. The molecule has 0 radical (unpaired) electrons. The Labute approximate surface area is 225 Å². The summed E-state index contributed by atoms with van der Waals surface area (Å²) < 4.78 is 45.8. The average molecular weight is 548 g/mol. The molecule has 3 atom stereocenters. The predicted molar refractivity (Wildman–Crippen MR) is 144 cm³/mol. The van der Waals surface area contributed by atoms with Crippen LogP contribution >= 0.6 is 0 Å². The summed E-state index contributed by atoms with van der Waals surface area (Å²) in [5, 5.41) is 21.6. The number of phenols is 1. The number of amides is 1. The molecule has 200 valence electrons. The van der Waals surface area contributed by atoms with Gasteiger partial charge >= 0.3 is 0 Å². The lowest BCUT2D eigenvalue weighted by Crippen LogP contribution is -2.55. The summed E-state index contributed by atoms with van der Waals surface area (Å²) in [4.78, 5) is 14.7. The van der Waals surface area contributed by atoms with E-state index >= 15 is 0 Å². The van der Waals surface area contributed by atoms with Gasteiger partial charge in [0.1, 0.15) is 11.6 Å². The number of para-hydroxylation sites is 1. The van der Waals surface area contributed by atoms with Crippen LogP contribution < -0.4 is 4.90 Å². The Hall–Kier alpha value is -4.05. The first-order valence-electron chi connectivity index (χ1n) is 12.4. The molecule has 1 heterocycles. The van der Waals surface area contributed by atoms with Gasteiger partial charge in [-0.3, -0.25) is 9.35 Å². The van der Waals surface area contributed by atoms with Crippen LogP contribution in [0.2, 0.25) is 0 Å². The normalized spacial score (nSPS) is 18.0. The van der Waals surface area contributed by atoms with E-state index in [1.54, 1.807) is 29.2 Å². The molecule has 3 N–H and O–H groups in total. The molecule has 4 aromatic carbocycles. The first-order chi connectivity index (χ1) is 18.6. The van der Waals surface area contributed by atoms with Crippen molar-refractivity contribution in [3.63, 3.8) is 0 Å². The summed E-state index contributed by atoms with van der Waals surface area (Å²) in [7, 11) is -4.41. The number of anilines is 1. The molecule has 1 aliphatic rings. The van der Waals surface area contributed by atoms with Crippen molar-refractivity contribution in [2.75, 3.05) is 4.90 Å². The number of aliphatic hydroxyl groups is 1. The van der Waals surface area contributed by atoms with Crippen molar-refractivity contribution in [2.45, 2.75) is 29.9 Å². The molecule has 1 saturated heterocycles. The Balaban J connectivity index is 1.44. The van der Waals surface area contributed by atoms with Gasteiger partial charge in [0, 0.05) is 11.3 Å². The van der Waals surface area contributed by atoms with E-state index in [1.165, 1.54) is 42.5 Å². The van der Waals surface area contributed by atoms with Crippen LogP contribution in [-0.2, 0) is 14.9 Å². The van der Waals surface area contributed by atoms with Gasteiger partial charge in [-0.1, -0.05) is 54.6 Å². The Bertz CT molecular complexity index is 1610. The molecule has 0 aromatic heterocycles. The van der Waals surface area contributed by atoms with Crippen molar-refractivity contribution >= 4 is 21.7 Å². The number of benzene rings is 4. The molecule has 1 aliphatic heterocycles. The van der Waals surface area contributed by atoms with Crippen LogP contribution in [-0.4, -0.2) is 29.1 Å². The maximum absolute atomic E-state index is 13.3. The Morgan fingerprint density at radius 1 is 0.897 bits per heavy atom. The number of carbonyl (C=O) groups excluding carboxylic acids is 1. The fourth-order valence-electron chi connectivity index (χ4n) is 5.08. The van der Waals surface area contributed by atoms with Gasteiger partial charge in [0.15, 0.2) is 0 Å². The molecule has 0 bridgehead atoms. The highest BCUT2D eigenvalue weighted by Gasteiger charge is 2.48. The van der Waals surface area contributed by atoms with Crippen molar-refractivity contribution < 1.29 is 32.4 Å². The fourth-order valence-corrected chi connectivity index (χ4v) is 5.60. The van der Waals surface area contributed by atoms with Crippen molar-refractivity contribution in [1.82, 2.24) is 0 Å². The third kappa shape index (κ3) is 5.42. The lowest BCUT2D eigenvalue weighted by molar-refractivity contribution is -0.131. The van der Waals surface area contributed by atoms with E-state index in [1.807, 2.05) is 30.3 Å². The van der Waals surface area contributed by atoms with Crippen LogP contribution in [0.1, 0.15) is 36.1 Å². The third-order valence-corrected chi connectivity index (χ3v) is 7.91.